The van der Waals surface area contributed by atoms with Crippen molar-refractivity contribution in [2.75, 3.05) is 0 Å². The molecule has 0 aromatic rings. The minimum atomic E-state index is -4.08. The smallest absolute Gasteiger partial charge is 0.300 e. The Labute approximate surface area is 88.4 Å². The molecule has 0 amide bonds. The van der Waals surface area contributed by atoms with Crippen molar-refractivity contribution in [1.29, 1.82) is 0 Å². The predicted octanol–water partition coefficient (Wildman–Crippen LogP) is 3.25. The number of hydrogen-bond donors (Lipinski definition) is 1. The molecule has 0 aromatic heterocycles. The molecule has 0 heterocycles. The molecule has 2 fully saturated rings. The molecule has 4 heteroatoms. The molecule has 0 spiro atoms. The predicted molar refractivity (Wildman–Crippen MR) is 52.6 cm³/mol. The number of hydrogen-bond acceptors (Lipinski definition) is 1. The Hall–Kier alpha value is -0.250. The first-order valence-electron chi connectivity index (χ1n) is 5.61. The van der Waals surface area contributed by atoms with Gasteiger partial charge in [-0.3, -0.25) is 0 Å². The summed E-state index contributed by atoms with van der Waals surface area (Å²) in [6.45, 7) is 4.12. The van der Waals surface area contributed by atoms with Gasteiger partial charge in [0.15, 0.2) is 0 Å². The zero-order chi connectivity index (χ0) is 11.3. The molecule has 1 nitrogen and oxygen atoms in total. The second-order valence-electron chi connectivity index (χ2n) is 5.66. The number of nitrogens with one attached hydrogen (secondary N) is 1. The summed E-state index contributed by atoms with van der Waals surface area (Å²) < 4.78 is 38.2. The van der Waals surface area contributed by atoms with Crippen LogP contribution in [0.3, 0.4) is 0 Å². The number of halogens is 3. The van der Waals surface area contributed by atoms with Crippen LogP contribution in [0.2, 0.25) is 0 Å². The number of alkyl halides is 3. The lowest BCUT2D eigenvalue weighted by Gasteiger charge is -2.33. The van der Waals surface area contributed by atoms with Crippen LogP contribution in [-0.4, -0.2) is 17.8 Å². The molecule has 0 radical (unpaired) electrons. The van der Waals surface area contributed by atoms with Gasteiger partial charge >= 0.3 is 6.18 Å². The van der Waals surface area contributed by atoms with E-state index in [0.717, 1.165) is 19.3 Å². The fourth-order valence-corrected chi connectivity index (χ4v) is 2.56. The molecule has 1 unspecified atom stereocenters. The van der Waals surface area contributed by atoms with Gasteiger partial charge in [0.1, 0.15) is 5.54 Å². The monoisotopic (exact) mass is 221 g/mol. The van der Waals surface area contributed by atoms with Crippen molar-refractivity contribution in [2.24, 2.45) is 5.41 Å². The van der Waals surface area contributed by atoms with Crippen molar-refractivity contribution in [2.45, 2.75) is 63.7 Å². The van der Waals surface area contributed by atoms with Gasteiger partial charge in [-0.15, -0.1) is 0 Å². The lowest BCUT2D eigenvalue weighted by atomic mass is 9.87. The maximum Gasteiger partial charge on any atom is 0.406 e. The SMILES string of the molecule is CC1(C)CCCC1NC1(C(F)(F)F)CC1. The molecular weight excluding hydrogens is 203 g/mol. The molecule has 0 aromatic carbocycles. The third kappa shape index (κ3) is 1.88. The molecule has 1 N–H and O–H groups in total. The fraction of sp³-hybridized carbons (Fsp3) is 1.00. The fourth-order valence-electron chi connectivity index (χ4n) is 2.56. The third-order valence-corrected chi connectivity index (χ3v) is 4.00. The molecule has 0 saturated heterocycles. The highest BCUT2D eigenvalue weighted by Gasteiger charge is 2.64. The quantitative estimate of drug-likeness (QED) is 0.754. The van der Waals surface area contributed by atoms with Crippen LogP contribution in [-0.2, 0) is 0 Å². The lowest BCUT2D eigenvalue weighted by molar-refractivity contribution is -0.169. The van der Waals surface area contributed by atoms with Crippen LogP contribution in [0.1, 0.15) is 46.0 Å². The summed E-state index contributed by atoms with van der Waals surface area (Å²) >= 11 is 0. The van der Waals surface area contributed by atoms with Gasteiger partial charge < -0.3 is 5.32 Å². The van der Waals surface area contributed by atoms with E-state index in [2.05, 4.69) is 19.2 Å². The highest BCUT2D eigenvalue weighted by molar-refractivity contribution is 5.11. The van der Waals surface area contributed by atoms with Crippen LogP contribution in [0, 0.1) is 5.41 Å². The summed E-state index contributed by atoms with van der Waals surface area (Å²) in [5.74, 6) is 0. The zero-order valence-electron chi connectivity index (χ0n) is 9.25. The van der Waals surface area contributed by atoms with Crippen LogP contribution in [0.15, 0.2) is 0 Å². The summed E-state index contributed by atoms with van der Waals surface area (Å²) in [5.41, 5.74) is -1.53. The van der Waals surface area contributed by atoms with Gasteiger partial charge in [-0.25, -0.2) is 0 Å². The molecule has 88 valence electrons. The summed E-state index contributed by atoms with van der Waals surface area (Å²) in [6.07, 6.45) is -0.625. The van der Waals surface area contributed by atoms with E-state index in [1.807, 2.05) is 0 Å². The zero-order valence-corrected chi connectivity index (χ0v) is 9.25. The van der Waals surface area contributed by atoms with Gasteiger partial charge in [-0.05, 0) is 31.1 Å². The van der Waals surface area contributed by atoms with Gasteiger partial charge in [0.05, 0.1) is 0 Å². The topological polar surface area (TPSA) is 12.0 Å². The largest absolute Gasteiger partial charge is 0.406 e. The summed E-state index contributed by atoms with van der Waals surface area (Å²) in [6, 6.07) is 0.0293. The highest BCUT2D eigenvalue weighted by Crippen LogP contribution is 2.51. The van der Waals surface area contributed by atoms with Crippen LogP contribution >= 0.6 is 0 Å². The van der Waals surface area contributed by atoms with E-state index in [0.29, 0.717) is 0 Å². The average Bonchev–Trinajstić information content (AvgIpc) is 2.75. The van der Waals surface area contributed by atoms with Crippen LogP contribution < -0.4 is 5.32 Å². The first-order chi connectivity index (χ1) is 6.77. The molecule has 2 saturated carbocycles. The Bertz CT molecular complexity index is 253. The lowest BCUT2D eigenvalue weighted by Crippen LogP contribution is -2.52. The Kier molecular flexibility index (Phi) is 2.34. The van der Waals surface area contributed by atoms with E-state index in [1.165, 1.54) is 0 Å². The van der Waals surface area contributed by atoms with Crippen LogP contribution in [0.25, 0.3) is 0 Å². The summed E-state index contributed by atoms with van der Waals surface area (Å²) in [5, 5.41) is 2.87. The average molecular weight is 221 g/mol. The van der Waals surface area contributed by atoms with Crippen LogP contribution in [0.5, 0.6) is 0 Å². The molecule has 0 bridgehead atoms. The van der Waals surface area contributed by atoms with E-state index >= 15 is 0 Å². The maximum absolute atomic E-state index is 12.7. The van der Waals surface area contributed by atoms with Crippen LogP contribution in [0.4, 0.5) is 13.2 Å². The van der Waals surface area contributed by atoms with Gasteiger partial charge in [-0.2, -0.15) is 13.2 Å². The molecule has 15 heavy (non-hydrogen) atoms. The molecule has 0 aliphatic heterocycles. The van der Waals surface area contributed by atoms with Gasteiger partial charge in [0, 0.05) is 6.04 Å². The van der Waals surface area contributed by atoms with Crippen molar-refractivity contribution in [3.05, 3.63) is 0 Å². The number of rotatable bonds is 2. The molecule has 1 atom stereocenters. The molecular formula is C11H18F3N. The van der Waals surface area contributed by atoms with E-state index < -0.39 is 11.7 Å². The Balaban J connectivity index is 2.04. The summed E-state index contributed by atoms with van der Waals surface area (Å²) in [7, 11) is 0. The van der Waals surface area contributed by atoms with E-state index in [1.54, 1.807) is 0 Å². The second-order valence-corrected chi connectivity index (χ2v) is 5.66. The van der Waals surface area contributed by atoms with Crippen molar-refractivity contribution in [3.8, 4) is 0 Å². The van der Waals surface area contributed by atoms with Gasteiger partial charge in [-0.1, -0.05) is 20.3 Å². The van der Waals surface area contributed by atoms with Crippen molar-refractivity contribution < 1.29 is 13.2 Å². The van der Waals surface area contributed by atoms with Gasteiger partial charge in [0.25, 0.3) is 0 Å². The third-order valence-electron chi connectivity index (χ3n) is 4.00. The minimum Gasteiger partial charge on any atom is -0.300 e. The highest BCUT2D eigenvalue weighted by atomic mass is 19.4. The Morgan fingerprint density at radius 3 is 2.07 bits per heavy atom. The minimum absolute atomic E-state index is 0.0147. The maximum atomic E-state index is 12.7. The first kappa shape index (κ1) is 11.2. The Morgan fingerprint density at radius 1 is 1.13 bits per heavy atom. The van der Waals surface area contributed by atoms with E-state index in [-0.39, 0.29) is 24.3 Å². The van der Waals surface area contributed by atoms with E-state index in [9.17, 15) is 13.2 Å². The van der Waals surface area contributed by atoms with Crippen molar-refractivity contribution in [1.82, 2.24) is 5.32 Å². The second kappa shape index (κ2) is 3.12. The van der Waals surface area contributed by atoms with Gasteiger partial charge in [0.2, 0.25) is 0 Å². The standard InChI is InChI=1S/C11H18F3N/c1-9(2)5-3-4-8(9)15-10(6-7-10)11(12,13)14/h8,15H,3-7H2,1-2H3. The molecule has 2 aliphatic carbocycles. The molecule has 2 rings (SSSR count). The Morgan fingerprint density at radius 2 is 1.73 bits per heavy atom. The van der Waals surface area contributed by atoms with Crippen molar-refractivity contribution >= 4 is 0 Å². The normalized spacial score (nSPS) is 33.0. The summed E-state index contributed by atoms with van der Waals surface area (Å²) in [4.78, 5) is 0. The van der Waals surface area contributed by atoms with Crippen molar-refractivity contribution in [3.63, 3.8) is 0 Å². The first-order valence-corrected chi connectivity index (χ1v) is 5.61. The van der Waals surface area contributed by atoms with E-state index in [4.69, 9.17) is 0 Å². The molecule has 2 aliphatic rings.